The number of aliphatic hydroxyl groups is 1. The minimum Gasteiger partial charge on any atom is -0.387 e. The highest BCUT2D eigenvalue weighted by atomic mass is 16.3. The molecule has 0 bridgehead atoms. The highest BCUT2D eigenvalue weighted by molar-refractivity contribution is 5.95. The van der Waals surface area contributed by atoms with Gasteiger partial charge < -0.3 is 19.5 Å². The molecule has 1 spiro atoms. The molecule has 2 heterocycles. The molecule has 38 heavy (non-hydrogen) atoms. The Balaban J connectivity index is 1.36. The average Bonchev–Trinajstić information content (AvgIpc) is 3.64. The van der Waals surface area contributed by atoms with Crippen LogP contribution >= 0.6 is 0 Å². The largest absolute Gasteiger partial charge is 0.387 e. The fourth-order valence-electron chi connectivity index (χ4n) is 7.77. The Morgan fingerprint density at radius 1 is 1.05 bits per heavy atom. The first-order valence-electron chi connectivity index (χ1n) is 15.1. The molecule has 4 fully saturated rings. The molecule has 1 unspecified atom stereocenters. The van der Waals surface area contributed by atoms with Crippen molar-refractivity contribution in [3.63, 3.8) is 0 Å². The third-order valence-electron chi connectivity index (χ3n) is 10.2. The van der Waals surface area contributed by atoms with Crippen LogP contribution in [0.4, 0.5) is 0 Å². The maximum atomic E-state index is 13.6. The number of amides is 2. The summed E-state index contributed by atoms with van der Waals surface area (Å²) in [6.07, 6.45) is 15.3. The van der Waals surface area contributed by atoms with Crippen molar-refractivity contribution in [2.24, 2.45) is 17.3 Å². The lowest BCUT2D eigenvalue weighted by atomic mass is 9.65. The van der Waals surface area contributed by atoms with E-state index in [4.69, 9.17) is 0 Å². The third-order valence-corrected chi connectivity index (χ3v) is 10.2. The van der Waals surface area contributed by atoms with Crippen LogP contribution in [0.15, 0.2) is 17.1 Å². The SMILES string of the molecule is CC(CC1CCCCC1)C(=O)N1CC[C@@](O)(Cn2cc(C(=O)N(C)C)c(C3CC3)cc2=O)C2(CCCC2)C1. The molecule has 1 aromatic rings. The second kappa shape index (κ2) is 10.8. The minimum absolute atomic E-state index is 0.0138. The highest BCUT2D eigenvalue weighted by Gasteiger charge is 2.56. The first kappa shape index (κ1) is 27.4. The molecule has 5 rings (SSSR count). The number of carbonyl (C=O) groups excluding carboxylic acids is 2. The molecule has 0 aromatic carbocycles. The Kier molecular flexibility index (Phi) is 7.78. The van der Waals surface area contributed by atoms with Gasteiger partial charge in [0, 0.05) is 50.8 Å². The fourth-order valence-corrected chi connectivity index (χ4v) is 7.77. The molecule has 3 saturated carbocycles. The number of aromatic nitrogens is 1. The van der Waals surface area contributed by atoms with Crippen molar-refractivity contribution < 1.29 is 14.7 Å². The zero-order chi connectivity index (χ0) is 27.1. The predicted molar refractivity (Wildman–Crippen MR) is 148 cm³/mol. The van der Waals surface area contributed by atoms with Crippen molar-refractivity contribution in [1.82, 2.24) is 14.4 Å². The van der Waals surface area contributed by atoms with E-state index < -0.39 is 11.0 Å². The van der Waals surface area contributed by atoms with Crippen LogP contribution in [0.5, 0.6) is 0 Å². The topological polar surface area (TPSA) is 82.8 Å². The quantitative estimate of drug-likeness (QED) is 0.566. The van der Waals surface area contributed by atoms with Gasteiger partial charge in [0.25, 0.3) is 11.5 Å². The molecule has 1 N–H and O–H groups in total. The van der Waals surface area contributed by atoms with Gasteiger partial charge in [-0.2, -0.15) is 0 Å². The lowest BCUT2D eigenvalue weighted by molar-refractivity contribution is -0.163. The Labute approximate surface area is 227 Å². The standard InChI is InChI=1S/C31H47N3O4/c1-22(17-23-9-5-4-6-10-23)28(36)33-16-15-31(38,30(20-33)13-7-8-14-30)21-34-19-26(29(37)32(2)3)25(18-27(34)35)24-11-12-24/h18-19,22-24,38H,4-17,20-21H2,1-3H3/t22?,31-/m1/s1. The van der Waals surface area contributed by atoms with Gasteiger partial charge in [-0.25, -0.2) is 0 Å². The van der Waals surface area contributed by atoms with E-state index in [1.54, 1.807) is 35.8 Å². The normalized spacial score (nSPS) is 26.5. The average molecular weight is 526 g/mol. The van der Waals surface area contributed by atoms with Gasteiger partial charge in [-0.15, -0.1) is 0 Å². The first-order valence-corrected chi connectivity index (χ1v) is 15.1. The lowest BCUT2D eigenvalue weighted by Crippen LogP contribution is -2.62. The van der Waals surface area contributed by atoms with Gasteiger partial charge in [0.05, 0.1) is 17.7 Å². The number of piperidine rings is 1. The summed E-state index contributed by atoms with van der Waals surface area (Å²) in [6, 6.07) is 1.63. The summed E-state index contributed by atoms with van der Waals surface area (Å²) in [7, 11) is 3.47. The van der Waals surface area contributed by atoms with E-state index in [1.165, 1.54) is 32.1 Å². The molecule has 4 aliphatic rings. The van der Waals surface area contributed by atoms with Crippen LogP contribution < -0.4 is 5.56 Å². The summed E-state index contributed by atoms with van der Waals surface area (Å²) in [6.45, 7) is 3.34. The number of pyridine rings is 1. The van der Waals surface area contributed by atoms with Crippen molar-refractivity contribution in [2.45, 2.75) is 108 Å². The fraction of sp³-hybridized carbons (Fsp3) is 0.774. The lowest BCUT2D eigenvalue weighted by Gasteiger charge is -2.53. The van der Waals surface area contributed by atoms with Crippen molar-refractivity contribution in [3.05, 3.63) is 33.7 Å². The van der Waals surface area contributed by atoms with Gasteiger partial charge >= 0.3 is 0 Å². The zero-order valence-corrected chi connectivity index (χ0v) is 23.7. The van der Waals surface area contributed by atoms with Gasteiger partial charge in [-0.3, -0.25) is 14.4 Å². The number of rotatable bonds is 7. The Bertz CT molecular complexity index is 1090. The van der Waals surface area contributed by atoms with Crippen molar-refractivity contribution >= 4 is 11.8 Å². The van der Waals surface area contributed by atoms with Crippen LogP contribution in [0, 0.1) is 17.3 Å². The van der Waals surface area contributed by atoms with Gasteiger partial charge in [0.15, 0.2) is 0 Å². The molecular formula is C31H47N3O4. The zero-order valence-electron chi connectivity index (χ0n) is 23.7. The van der Waals surface area contributed by atoms with E-state index in [0.717, 1.165) is 50.5 Å². The molecule has 3 aliphatic carbocycles. The van der Waals surface area contributed by atoms with Crippen LogP contribution in [0.3, 0.4) is 0 Å². The Hall–Kier alpha value is -2.15. The number of hydrogen-bond donors (Lipinski definition) is 1. The molecule has 0 radical (unpaired) electrons. The van der Waals surface area contributed by atoms with Crippen molar-refractivity contribution in [1.29, 1.82) is 0 Å². The van der Waals surface area contributed by atoms with Gasteiger partial charge in [0.2, 0.25) is 5.91 Å². The second-order valence-electron chi connectivity index (χ2n) is 13.3. The summed E-state index contributed by atoms with van der Waals surface area (Å²) in [5.74, 6) is 1.09. The van der Waals surface area contributed by atoms with E-state index in [-0.39, 0.29) is 35.8 Å². The third kappa shape index (κ3) is 5.32. The van der Waals surface area contributed by atoms with E-state index in [2.05, 4.69) is 6.92 Å². The first-order chi connectivity index (χ1) is 18.1. The summed E-state index contributed by atoms with van der Waals surface area (Å²) in [5.41, 5.74) is -0.226. The maximum Gasteiger partial charge on any atom is 0.255 e. The van der Waals surface area contributed by atoms with Crippen molar-refractivity contribution in [2.75, 3.05) is 27.2 Å². The van der Waals surface area contributed by atoms with Gasteiger partial charge in [-0.1, -0.05) is 51.9 Å². The van der Waals surface area contributed by atoms with Crippen LogP contribution in [-0.4, -0.2) is 64.1 Å². The Morgan fingerprint density at radius 2 is 1.74 bits per heavy atom. The number of carbonyl (C=O) groups is 2. The van der Waals surface area contributed by atoms with Crippen LogP contribution in [0.1, 0.15) is 112 Å². The van der Waals surface area contributed by atoms with Gasteiger partial charge in [-0.05, 0) is 55.9 Å². The maximum absolute atomic E-state index is 13.6. The highest BCUT2D eigenvalue weighted by Crippen LogP contribution is 2.52. The molecule has 1 saturated heterocycles. The van der Waals surface area contributed by atoms with E-state index in [9.17, 15) is 19.5 Å². The Morgan fingerprint density at radius 3 is 2.37 bits per heavy atom. The molecular weight excluding hydrogens is 478 g/mol. The van der Waals surface area contributed by atoms with E-state index >= 15 is 0 Å². The van der Waals surface area contributed by atoms with E-state index in [0.29, 0.717) is 31.0 Å². The van der Waals surface area contributed by atoms with Gasteiger partial charge in [0.1, 0.15) is 0 Å². The summed E-state index contributed by atoms with van der Waals surface area (Å²) in [5, 5.41) is 12.2. The molecule has 210 valence electrons. The predicted octanol–water partition coefficient (Wildman–Crippen LogP) is 4.56. The molecule has 1 aromatic heterocycles. The molecule has 2 amide bonds. The summed E-state index contributed by atoms with van der Waals surface area (Å²) >= 11 is 0. The van der Waals surface area contributed by atoms with E-state index in [1.807, 2.05) is 4.90 Å². The molecule has 7 nitrogen and oxygen atoms in total. The number of likely N-dealkylation sites (tertiary alicyclic amines) is 1. The molecule has 2 atom stereocenters. The smallest absolute Gasteiger partial charge is 0.255 e. The molecule has 7 heteroatoms. The summed E-state index contributed by atoms with van der Waals surface area (Å²) in [4.78, 5) is 43.4. The number of hydrogen-bond acceptors (Lipinski definition) is 4. The monoisotopic (exact) mass is 525 g/mol. The van der Waals surface area contributed by atoms with Crippen LogP contribution in [0.25, 0.3) is 0 Å². The van der Waals surface area contributed by atoms with Crippen molar-refractivity contribution in [3.8, 4) is 0 Å². The minimum atomic E-state index is -1.09. The number of nitrogens with zero attached hydrogens (tertiary/aromatic N) is 3. The summed E-state index contributed by atoms with van der Waals surface area (Å²) < 4.78 is 1.58. The van der Waals surface area contributed by atoms with Crippen LogP contribution in [0.2, 0.25) is 0 Å². The molecule has 1 aliphatic heterocycles. The second-order valence-corrected chi connectivity index (χ2v) is 13.3. The van der Waals surface area contributed by atoms with Crippen LogP contribution in [-0.2, 0) is 11.3 Å².